The van der Waals surface area contributed by atoms with E-state index in [2.05, 4.69) is 37.7 Å². The van der Waals surface area contributed by atoms with E-state index in [1.165, 1.54) is 38.9 Å². The molecule has 1 rings (SSSR count). The minimum atomic E-state index is 0.315. The molecule has 0 spiro atoms. The number of hydrogen-bond donors (Lipinski definition) is 1. The molecule has 2 N–H and O–H groups in total. The lowest BCUT2D eigenvalue weighted by Gasteiger charge is -2.33. The molecule has 0 aromatic heterocycles. The molecule has 0 aliphatic carbocycles. The Morgan fingerprint density at radius 2 is 2.12 bits per heavy atom. The fourth-order valence-electron chi connectivity index (χ4n) is 2.77. The quantitative estimate of drug-likeness (QED) is 0.744. The zero-order chi connectivity index (χ0) is 12.2. The first-order chi connectivity index (χ1) is 7.50. The van der Waals surface area contributed by atoms with Gasteiger partial charge in [0, 0.05) is 19.1 Å². The van der Waals surface area contributed by atoms with Crippen molar-refractivity contribution in [2.75, 3.05) is 40.3 Å². The number of likely N-dealkylation sites (N-methyl/N-ethyl adjacent to an activating group) is 1. The van der Waals surface area contributed by atoms with E-state index in [-0.39, 0.29) is 0 Å². The third kappa shape index (κ3) is 3.72. The van der Waals surface area contributed by atoms with Gasteiger partial charge in [-0.15, -0.1) is 0 Å². The third-order valence-corrected chi connectivity index (χ3v) is 3.93. The van der Waals surface area contributed by atoms with Crippen molar-refractivity contribution in [1.82, 2.24) is 9.80 Å². The average Bonchev–Trinajstić information content (AvgIpc) is 2.66. The van der Waals surface area contributed by atoms with E-state index in [4.69, 9.17) is 5.73 Å². The summed E-state index contributed by atoms with van der Waals surface area (Å²) in [5.74, 6) is 0. The van der Waals surface area contributed by atoms with Crippen LogP contribution in [0.5, 0.6) is 0 Å². The van der Waals surface area contributed by atoms with Crippen LogP contribution in [0, 0.1) is 5.41 Å². The van der Waals surface area contributed by atoms with Crippen molar-refractivity contribution in [1.29, 1.82) is 0 Å². The molecule has 0 radical (unpaired) electrons. The molecule has 1 aliphatic rings. The summed E-state index contributed by atoms with van der Waals surface area (Å²) in [5, 5.41) is 0. The maximum absolute atomic E-state index is 5.93. The van der Waals surface area contributed by atoms with Crippen molar-refractivity contribution in [2.45, 2.75) is 39.2 Å². The van der Waals surface area contributed by atoms with Gasteiger partial charge >= 0.3 is 0 Å². The molecule has 16 heavy (non-hydrogen) atoms. The van der Waals surface area contributed by atoms with Crippen molar-refractivity contribution < 1.29 is 0 Å². The topological polar surface area (TPSA) is 32.5 Å². The molecule has 96 valence electrons. The molecule has 2 unspecified atom stereocenters. The van der Waals surface area contributed by atoms with Crippen molar-refractivity contribution in [2.24, 2.45) is 11.1 Å². The minimum Gasteiger partial charge on any atom is -0.330 e. The van der Waals surface area contributed by atoms with Crippen LogP contribution in [-0.4, -0.2) is 56.1 Å². The molecule has 1 heterocycles. The second-order valence-corrected chi connectivity index (χ2v) is 5.91. The highest BCUT2D eigenvalue weighted by Gasteiger charge is 2.30. The highest BCUT2D eigenvalue weighted by molar-refractivity contribution is 4.86. The van der Waals surface area contributed by atoms with Gasteiger partial charge in [-0.25, -0.2) is 0 Å². The Labute approximate surface area is 101 Å². The molecule has 1 aliphatic heterocycles. The van der Waals surface area contributed by atoms with Gasteiger partial charge < -0.3 is 15.5 Å². The molecular weight excluding hydrogens is 198 g/mol. The van der Waals surface area contributed by atoms with Crippen LogP contribution < -0.4 is 5.73 Å². The van der Waals surface area contributed by atoms with Gasteiger partial charge in [-0.3, -0.25) is 0 Å². The SMILES string of the molecule is CCCC(C)(CN)CN1CCC(N(C)C)C1. The number of nitrogens with zero attached hydrogens (tertiary/aromatic N) is 2. The van der Waals surface area contributed by atoms with Gasteiger partial charge in [0.15, 0.2) is 0 Å². The summed E-state index contributed by atoms with van der Waals surface area (Å²) in [6, 6.07) is 0.739. The van der Waals surface area contributed by atoms with E-state index < -0.39 is 0 Å². The largest absolute Gasteiger partial charge is 0.330 e. The van der Waals surface area contributed by atoms with Crippen molar-refractivity contribution in [3.63, 3.8) is 0 Å². The summed E-state index contributed by atoms with van der Waals surface area (Å²) in [6.07, 6.45) is 3.78. The highest BCUT2D eigenvalue weighted by Crippen LogP contribution is 2.25. The molecule has 0 aromatic carbocycles. The maximum atomic E-state index is 5.93. The molecule has 0 saturated carbocycles. The van der Waals surface area contributed by atoms with Gasteiger partial charge in [0.2, 0.25) is 0 Å². The second kappa shape index (κ2) is 5.99. The van der Waals surface area contributed by atoms with Crippen LogP contribution in [0.1, 0.15) is 33.1 Å². The van der Waals surface area contributed by atoms with Crippen LogP contribution in [0.25, 0.3) is 0 Å². The van der Waals surface area contributed by atoms with Crippen LogP contribution in [0.15, 0.2) is 0 Å². The normalized spacial score (nSPS) is 26.2. The Kier molecular flexibility index (Phi) is 5.22. The highest BCUT2D eigenvalue weighted by atomic mass is 15.2. The van der Waals surface area contributed by atoms with Crippen LogP contribution >= 0.6 is 0 Å². The van der Waals surface area contributed by atoms with Crippen LogP contribution in [0.3, 0.4) is 0 Å². The zero-order valence-corrected chi connectivity index (χ0v) is 11.5. The summed E-state index contributed by atoms with van der Waals surface area (Å²) < 4.78 is 0. The van der Waals surface area contributed by atoms with E-state index in [1.807, 2.05) is 0 Å². The third-order valence-electron chi connectivity index (χ3n) is 3.93. The van der Waals surface area contributed by atoms with E-state index in [9.17, 15) is 0 Å². The average molecular weight is 227 g/mol. The summed E-state index contributed by atoms with van der Waals surface area (Å²) in [7, 11) is 4.37. The first-order valence-corrected chi connectivity index (χ1v) is 6.59. The Balaban J connectivity index is 2.42. The second-order valence-electron chi connectivity index (χ2n) is 5.91. The Morgan fingerprint density at radius 3 is 2.56 bits per heavy atom. The van der Waals surface area contributed by atoms with Gasteiger partial charge in [0.1, 0.15) is 0 Å². The molecule has 0 aromatic rings. The molecule has 3 heteroatoms. The molecule has 0 bridgehead atoms. The summed E-state index contributed by atoms with van der Waals surface area (Å²) in [4.78, 5) is 4.94. The Morgan fingerprint density at radius 1 is 1.44 bits per heavy atom. The van der Waals surface area contributed by atoms with Gasteiger partial charge in [-0.05, 0) is 45.4 Å². The van der Waals surface area contributed by atoms with Crippen LogP contribution in [0.4, 0.5) is 0 Å². The standard InChI is InChI=1S/C13H29N3/c1-5-7-13(2,10-14)11-16-8-6-12(9-16)15(3)4/h12H,5-11,14H2,1-4H3. The van der Waals surface area contributed by atoms with Gasteiger partial charge in [0.05, 0.1) is 0 Å². The molecule has 1 fully saturated rings. The summed E-state index contributed by atoms with van der Waals surface area (Å²) in [5.41, 5.74) is 6.24. The fraction of sp³-hybridized carbons (Fsp3) is 1.00. The fourth-order valence-corrected chi connectivity index (χ4v) is 2.77. The van der Waals surface area contributed by atoms with Crippen molar-refractivity contribution in [3.05, 3.63) is 0 Å². The van der Waals surface area contributed by atoms with Gasteiger partial charge in [-0.2, -0.15) is 0 Å². The first kappa shape index (κ1) is 13.9. The predicted molar refractivity (Wildman–Crippen MR) is 70.6 cm³/mol. The summed E-state index contributed by atoms with van der Waals surface area (Å²) in [6.45, 7) is 9.01. The van der Waals surface area contributed by atoms with Crippen LogP contribution in [-0.2, 0) is 0 Å². The Bertz CT molecular complexity index is 205. The monoisotopic (exact) mass is 227 g/mol. The van der Waals surface area contributed by atoms with Crippen molar-refractivity contribution >= 4 is 0 Å². The van der Waals surface area contributed by atoms with Crippen molar-refractivity contribution in [3.8, 4) is 0 Å². The lowest BCUT2D eigenvalue weighted by Crippen LogP contribution is -2.41. The molecule has 1 saturated heterocycles. The zero-order valence-electron chi connectivity index (χ0n) is 11.5. The predicted octanol–water partition coefficient (Wildman–Crippen LogP) is 1.39. The van der Waals surface area contributed by atoms with Crippen LogP contribution in [0.2, 0.25) is 0 Å². The number of nitrogens with two attached hydrogens (primary N) is 1. The van der Waals surface area contributed by atoms with E-state index in [0.29, 0.717) is 5.41 Å². The van der Waals surface area contributed by atoms with E-state index >= 15 is 0 Å². The number of rotatable bonds is 6. The molecule has 2 atom stereocenters. The van der Waals surface area contributed by atoms with Gasteiger partial charge in [-0.1, -0.05) is 20.3 Å². The molecule has 0 amide bonds. The lowest BCUT2D eigenvalue weighted by molar-refractivity contribution is 0.173. The first-order valence-electron chi connectivity index (χ1n) is 6.59. The number of hydrogen-bond acceptors (Lipinski definition) is 3. The summed E-state index contributed by atoms with van der Waals surface area (Å²) >= 11 is 0. The minimum absolute atomic E-state index is 0.315. The Hall–Kier alpha value is -0.120. The van der Waals surface area contributed by atoms with E-state index in [0.717, 1.165) is 12.6 Å². The molecular formula is C13H29N3. The maximum Gasteiger partial charge on any atom is 0.0229 e. The molecule has 3 nitrogen and oxygen atoms in total. The number of likely N-dealkylation sites (tertiary alicyclic amines) is 1. The van der Waals surface area contributed by atoms with E-state index in [1.54, 1.807) is 0 Å². The van der Waals surface area contributed by atoms with Gasteiger partial charge in [0.25, 0.3) is 0 Å². The smallest absolute Gasteiger partial charge is 0.0229 e. The lowest BCUT2D eigenvalue weighted by atomic mass is 9.85.